The predicted octanol–water partition coefficient (Wildman–Crippen LogP) is 4.02. The lowest BCUT2D eigenvalue weighted by Gasteiger charge is -2.41. The number of carbonyl (C=O) groups excluding carboxylic acids is 2. The topological polar surface area (TPSA) is 78.9 Å². The number of benzene rings is 1. The van der Waals surface area contributed by atoms with Crippen molar-refractivity contribution in [2.75, 3.05) is 20.2 Å². The van der Waals surface area contributed by atoms with Crippen molar-refractivity contribution in [3.05, 3.63) is 46.3 Å². The molecule has 0 saturated carbocycles. The van der Waals surface area contributed by atoms with Crippen molar-refractivity contribution in [1.82, 2.24) is 10.2 Å². The molecule has 2 heterocycles. The number of likely N-dealkylation sites (tertiary alicyclic amines) is 1. The van der Waals surface area contributed by atoms with Crippen LogP contribution in [0.2, 0.25) is 0 Å². The number of methoxy groups -OCH3 is 1. The number of hydrogen-bond acceptors (Lipinski definition) is 5. The second kappa shape index (κ2) is 8.06. The van der Waals surface area contributed by atoms with Crippen molar-refractivity contribution in [1.29, 1.82) is 0 Å². The first-order valence-corrected chi connectivity index (χ1v) is 11.1. The fourth-order valence-corrected chi connectivity index (χ4v) is 5.19. The minimum atomic E-state index is -0.469. The van der Waals surface area contributed by atoms with Gasteiger partial charge >= 0.3 is 0 Å². The second-order valence-corrected chi connectivity index (χ2v) is 9.71. The molecule has 0 radical (unpaired) electrons. The SMILES string of the molecule is COc1cc([C@@H]2C(C(=O)N3CCCCC3)=C(C)NC3=C2C(=O)CC(C)(C)C3)ccc1O. The predicted molar refractivity (Wildman–Crippen MR) is 119 cm³/mol. The van der Waals surface area contributed by atoms with Crippen molar-refractivity contribution in [3.63, 3.8) is 0 Å². The Hall–Kier alpha value is -2.76. The summed E-state index contributed by atoms with van der Waals surface area (Å²) in [5.74, 6) is -0.0266. The van der Waals surface area contributed by atoms with Gasteiger partial charge in [-0.2, -0.15) is 0 Å². The molecule has 4 rings (SSSR count). The van der Waals surface area contributed by atoms with E-state index in [1.54, 1.807) is 18.2 Å². The van der Waals surface area contributed by atoms with Crippen molar-refractivity contribution in [2.24, 2.45) is 5.41 Å². The Morgan fingerprint density at radius 2 is 1.90 bits per heavy atom. The first-order chi connectivity index (χ1) is 14.7. The van der Waals surface area contributed by atoms with Crippen LogP contribution in [0.5, 0.6) is 11.5 Å². The number of ketones is 1. The molecular weight excluding hydrogens is 392 g/mol. The molecule has 3 aliphatic rings. The molecule has 0 bridgehead atoms. The molecule has 1 aromatic carbocycles. The van der Waals surface area contributed by atoms with Gasteiger partial charge in [0.15, 0.2) is 17.3 Å². The van der Waals surface area contributed by atoms with Gasteiger partial charge in [0.1, 0.15) is 0 Å². The highest BCUT2D eigenvalue weighted by Crippen LogP contribution is 2.48. The molecule has 1 aliphatic carbocycles. The number of aromatic hydroxyl groups is 1. The number of ether oxygens (including phenoxy) is 1. The number of nitrogens with one attached hydrogen (secondary N) is 1. The third-order valence-electron chi connectivity index (χ3n) is 6.65. The van der Waals surface area contributed by atoms with Gasteiger partial charge < -0.3 is 20.1 Å². The van der Waals surface area contributed by atoms with Crippen LogP contribution in [0.1, 0.15) is 64.4 Å². The van der Waals surface area contributed by atoms with Crippen molar-refractivity contribution in [2.45, 2.75) is 58.8 Å². The number of Topliss-reactive ketones (excluding diaryl/α,β-unsaturated/α-hetero) is 1. The highest BCUT2D eigenvalue weighted by atomic mass is 16.5. The highest BCUT2D eigenvalue weighted by Gasteiger charge is 2.43. The summed E-state index contributed by atoms with van der Waals surface area (Å²) in [6, 6.07) is 5.12. The molecule has 1 fully saturated rings. The minimum Gasteiger partial charge on any atom is -0.504 e. The van der Waals surface area contributed by atoms with Crippen LogP contribution in [0.3, 0.4) is 0 Å². The molecular formula is C25H32N2O4. The Bertz CT molecular complexity index is 983. The molecule has 6 heteroatoms. The van der Waals surface area contributed by atoms with E-state index < -0.39 is 5.92 Å². The second-order valence-electron chi connectivity index (χ2n) is 9.71. The van der Waals surface area contributed by atoms with E-state index in [0.29, 0.717) is 23.3 Å². The molecule has 31 heavy (non-hydrogen) atoms. The molecule has 6 nitrogen and oxygen atoms in total. The van der Waals surface area contributed by atoms with Crippen LogP contribution < -0.4 is 10.1 Å². The Balaban J connectivity index is 1.85. The van der Waals surface area contributed by atoms with E-state index in [0.717, 1.165) is 55.7 Å². The Morgan fingerprint density at radius 1 is 1.19 bits per heavy atom. The smallest absolute Gasteiger partial charge is 0.252 e. The molecule has 1 amide bonds. The number of rotatable bonds is 3. The van der Waals surface area contributed by atoms with Crippen molar-refractivity contribution in [3.8, 4) is 11.5 Å². The lowest BCUT2D eigenvalue weighted by Crippen LogP contribution is -2.43. The standard InChI is InChI=1S/C25H32N2O4/c1-15-21(24(30)27-10-6-5-7-11-27)22(16-8-9-18(28)20(12-16)31-4)23-17(26-15)13-25(2,3)14-19(23)29/h8-9,12,22,26,28H,5-7,10-11,13-14H2,1-4H3/t22-/m1/s1. The molecule has 166 valence electrons. The average Bonchev–Trinajstić information content (AvgIpc) is 2.72. The van der Waals surface area contributed by atoms with Crippen LogP contribution >= 0.6 is 0 Å². The van der Waals surface area contributed by atoms with E-state index in [1.807, 2.05) is 11.8 Å². The number of amides is 1. The summed E-state index contributed by atoms with van der Waals surface area (Å²) in [6.07, 6.45) is 4.35. The summed E-state index contributed by atoms with van der Waals surface area (Å²) < 4.78 is 5.33. The normalized spacial score (nSPS) is 23.4. The van der Waals surface area contributed by atoms with E-state index in [9.17, 15) is 14.7 Å². The maximum Gasteiger partial charge on any atom is 0.252 e. The third kappa shape index (κ3) is 3.95. The van der Waals surface area contributed by atoms with Crippen LogP contribution in [-0.2, 0) is 9.59 Å². The van der Waals surface area contributed by atoms with E-state index in [2.05, 4.69) is 19.2 Å². The summed E-state index contributed by atoms with van der Waals surface area (Å²) in [6.45, 7) is 7.62. The first-order valence-electron chi connectivity index (χ1n) is 11.1. The maximum atomic E-state index is 13.7. The Kier molecular flexibility index (Phi) is 5.58. The minimum absolute atomic E-state index is 0.00840. The van der Waals surface area contributed by atoms with Crippen LogP contribution in [0.4, 0.5) is 0 Å². The fourth-order valence-electron chi connectivity index (χ4n) is 5.19. The largest absolute Gasteiger partial charge is 0.504 e. The maximum absolute atomic E-state index is 13.7. The number of allylic oxidation sites excluding steroid dienone is 3. The molecule has 0 spiro atoms. The van der Waals surface area contributed by atoms with Gasteiger partial charge in [-0.1, -0.05) is 19.9 Å². The zero-order valence-corrected chi connectivity index (χ0v) is 18.9. The number of hydrogen-bond donors (Lipinski definition) is 2. The number of phenols is 1. The number of carbonyl (C=O) groups is 2. The molecule has 0 unspecified atom stereocenters. The Labute approximate surface area is 184 Å². The number of dihydropyridines is 1. The summed E-state index contributed by atoms with van der Waals surface area (Å²) in [4.78, 5) is 29.0. The molecule has 2 aliphatic heterocycles. The van der Waals surface area contributed by atoms with Gasteiger partial charge in [0.2, 0.25) is 0 Å². The quantitative estimate of drug-likeness (QED) is 0.766. The molecule has 1 aromatic rings. The average molecular weight is 425 g/mol. The molecule has 0 aromatic heterocycles. The van der Waals surface area contributed by atoms with Gasteiger partial charge in [-0.25, -0.2) is 0 Å². The van der Waals surface area contributed by atoms with Gasteiger partial charge in [-0.15, -0.1) is 0 Å². The van der Waals surface area contributed by atoms with E-state index in [-0.39, 0.29) is 22.9 Å². The number of piperidine rings is 1. The number of nitrogens with zero attached hydrogens (tertiary/aromatic N) is 1. The Morgan fingerprint density at radius 3 is 2.58 bits per heavy atom. The molecule has 1 saturated heterocycles. The van der Waals surface area contributed by atoms with Crippen molar-refractivity contribution >= 4 is 11.7 Å². The third-order valence-corrected chi connectivity index (χ3v) is 6.65. The highest BCUT2D eigenvalue weighted by molar-refractivity contribution is 6.05. The first kappa shape index (κ1) is 21.5. The van der Waals surface area contributed by atoms with Crippen LogP contribution in [0.25, 0.3) is 0 Å². The van der Waals surface area contributed by atoms with E-state index in [4.69, 9.17) is 4.74 Å². The van der Waals surface area contributed by atoms with Crippen LogP contribution in [0, 0.1) is 5.41 Å². The number of phenolic OH excluding ortho intramolecular Hbond substituents is 1. The zero-order valence-electron chi connectivity index (χ0n) is 18.9. The van der Waals surface area contributed by atoms with Gasteiger partial charge in [0, 0.05) is 48.0 Å². The summed E-state index contributed by atoms with van der Waals surface area (Å²) in [5, 5.41) is 13.5. The molecule has 2 N–H and O–H groups in total. The van der Waals surface area contributed by atoms with Crippen molar-refractivity contribution < 1.29 is 19.4 Å². The zero-order chi connectivity index (χ0) is 22.3. The summed E-state index contributed by atoms with van der Waals surface area (Å²) in [7, 11) is 1.50. The van der Waals surface area contributed by atoms with Gasteiger partial charge in [-0.3, -0.25) is 9.59 Å². The van der Waals surface area contributed by atoms with Gasteiger partial charge in [-0.05, 0) is 55.7 Å². The molecule has 1 atom stereocenters. The summed E-state index contributed by atoms with van der Waals surface area (Å²) in [5.41, 5.74) is 3.67. The summed E-state index contributed by atoms with van der Waals surface area (Å²) >= 11 is 0. The van der Waals surface area contributed by atoms with Crippen LogP contribution in [-0.4, -0.2) is 41.9 Å². The lowest BCUT2D eigenvalue weighted by molar-refractivity contribution is -0.128. The monoisotopic (exact) mass is 424 g/mol. The van der Waals surface area contributed by atoms with E-state index >= 15 is 0 Å². The fraction of sp³-hybridized carbons (Fsp3) is 0.520. The van der Waals surface area contributed by atoms with E-state index in [1.165, 1.54) is 7.11 Å². The van der Waals surface area contributed by atoms with Crippen LogP contribution in [0.15, 0.2) is 40.7 Å². The van der Waals surface area contributed by atoms with Gasteiger partial charge in [0.05, 0.1) is 7.11 Å². The lowest BCUT2D eigenvalue weighted by atomic mass is 9.68. The van der Waals surface area contributed by atoms with Gasteiger partial charge in [0.25, 0.3) is 5.91 Å².